The van der Waals surface area contributed by atoms with E-state index in [1.807, 2.05) is 13.8 Å². The lowest BCUT2D eigenvalue weighted by Gasteiger charge is -2.01. The van der Waals surface area contributed by atoms with E-state index in [2.05, 4.69) is 41.4 Å². The van der Waals surface area contributed by atoms with E-state index in [1.54, 1.807) is 18.3 Å². The fraction of sp³-hybridized carbons (Fsp3) is 0.273. The lowest BCUT2D eigenvalue weighted by molar-refractivity contribution is 0.101. The molecule has 0 aliphatic heterocycles. The van der Waals surface area contributed by atoms with E-state index in [4.69, 9.17) is 0 Å². The molecule has 0 saturated carbocycles. The van der Waals surface area contributed by atoms with Crippen molar-refractivity contribution >= 4 is 27.5 Å². The van der Waals surface area contributed by atoms with Crippen LogP contribution in [0.1, 0.15) is 36.2 Å². The van der Waals surface area contributed by atoms with E-state index in [0.717, 1.165) is 0 Å². The summed E-state index contributed by atoms with van der Waals surface area (Å²) in [5.41, 5.74) is 0.596. The highest BCUT2D eigenvalue weighted by atomic mass is 79.9. The number of rotatable bonds is 3. The second-order valence-electron chi connectivity index (χ2n) is 4.02. The molecule has 0 fully saturated rings. The molecule has 2 heterocycles. The average Bonchev–Trinajstić information content (AvgIpc) is 2.81. The van der Waals surface area contributed by atoms with Crippen LogP contribution in [0.15, 0.2) is 22.9 Å². The van der Waals surface area contributed by atoms with Crippen LogP contribution in [0.2, 0.25) is 0 Å². The molecule has 6 nitrogen and oxygen atoms in total. The molecule has 2 N–H and O–H groups in total. The summed E-state index contributed by atoms with van der Waals surface area (Å²) in [6.45, 7) is 3.95. The van der Waals surface area contributed by atoms with Crippen molar-refractivity contribution < 1.29 is 4.79 Å². The molecule has 0 aromatic carbocycles. The quantitative estimate of drug-likeness (QED) is 0.852. The Kier molecular flexibility index (Phi) is 3.71. The number of hydrogen-bond donors (Lipinski definition) is 2. The number of amides is 1. The van der Waals surface area contributed by atoms with Crippen LogP contribution in [0.5, 0.6) is 0 Å². The topological polar surface area (TPSA) is 83.6 Å². The van der Waals surface area contributed by atoms with E-state index in [1.165, 1.54) is 0 Å². The van der Waals surface area contributed by atoms with Gasteiger partial charge in [0.05, 0.1) is 11.9 Å². The highest BCUT2D eigenvalue weighted by Crippen LogP contribution is 2.12. The third kappa shape index (κ3) is 2.92. The van der Waals surface area contributed by atoms with Gasteiger partial charge < -0.3 is 5.32 Å². The molecule has 0 saturated heterocycles. The molecule has 2 rings (SSSR count). The molecule has 0 unspecified atom stereocenters. The number of anilines is 1. The van der Waals surface area contributed by atoms with Crippen LogP contribution in [-0.2, 0) is 0 Å². The lowest BCUT2D eigenvalue weighted by atomic mass is 10.2. The first-order chi connectivity index (χ1) is 8.56. The van der Waals surface area contributed by atoms with Crippen molar-refractivity contribution in [1.29, 1.82) is 0 Å². The monoisotopic (exact) mass is 309 g/mol. The maximum absolute atomic E-state index is 11.8. The number of nitrogens with one attached hydrogen (secondary N) is 2. The van der Waals surface area contributed by atoms with Gasteiger partial charge in [-0.05, 0) is 28.1 Å². The van der Waals surface area contributed by atoms with Gasteiger partial charge in [0.25, 0.3) is 5.91 Å². The summed E-state index contributed by atoms with van der Waals surface area (Å²) in [4.78, 5) is 20.0. The minimum atomic E-state index is -0.359. The number of pyridine rings is 1. The van der Waals surface area contributed by atoms with E-state index in [0.29, 0.717) is 16.1 Å². The Hall–Kier alpha value is -1.76. The fourth-order valence-electron chi connectivity index (χ4n) is 1.27. The highest BCUT2D eigenvalue weighted by Gasteiger charge is 2.14. The number of aromatic amines is 1. The first-order valence-electron chi connectivity index (χ1n) is 5.41. The number of carbonyl (C=O) groups excluding carboxylic acids is 1. The molecule has 2 aromatic heterocycles. The molecule has 94 valence electrons. The van der Waals surface area contributed by atoms with Crippen LogP contribution < -0.4 is 5.32 Å². The fourth-order valence-corrected chi connectivity index (χ4v) is 1.51. The molecule has 2 aromatic rings. The Morgan fingerprint density at radius 2 is 2.22 bits per heavy atom. The van der Waals surface area contributed by atoms with Gasteiger partial charge in [0.1, 0.15) is 10.4 Å². The number of aromatic nitrogens is 4. The Bertz CT molecular complexity index is 549. The number of nitrogens with zero attached hydrogens (tertiary/aromatic N) is 3. The summed E-state index contributed by atoms with van der Waals surface area (Å²) in [7, 11) is 0. The first-order valence-corrected chi connectivity index (χ1v) is 6.21. The normalized spacial score (nSPS) is 10.7. The van der Waals surface area contributed by atoms with Crippen molar-refractivity contribution in [1.82, 2.24) is 20.2 Å². The third-order valence-electron chi connectivity index (χ3n) is 2.24. The van der Waals surface area contributed by atoms with Crippen molar-refractivity contribution in [3.63, 3.8) is 0 Å². The van der Waals surface area contributed by atoms with Crippen LogP contribution in [0.4, 0.5) is 5.69 Å². The molecule has 0 atom stereocenters. The number of H-pyrrole nitrogens is 1. The van der Waals surface area contributed by atoms with Crippen LogP contribution in [0.3, 0.4) is 0 Å². The van der Waals surface area contributed by atoms with Crippen LogP contribution >= 0.6 is 15.9 Å². The van der Waals surface area contributed by atoms with E-state index >= 15 is 0 Å². The van der Waals surface area contributed by atoms with Gasteiger partial charge in [-0.3, -0.25) is 9.89 Å². The predicted octanol–water partition coefficient (Wildman–Crippen LogP) is 2.34. The SMILES string of the molecule is CC(C)c1nc(C(=O)Nc2ccc(Br)nc2)n[nH]1. The Labute approximate surface area is 112 Å². The van der Waals surface area contributed by atoms with Gasteiger partial charge in [-0.1, -0.05) is 13.8 Å². The van der Waals surface area contributed by atoms with Crippen LogP contribution in [0, 0.1) is 0 Å². The second kappa shape index (κ2) is 5.26. The van der Waals surface area contributed by atoms with Gasteiger partial charge >= 0.3 is 0 Å². The zero-order chi connectivity index (χ0) is 13.1. The minimum Gasteiger partial charge on any atom is -0.318 e. The molecule has 0 aliphatic rings. The first kappa shape index (κ1) is 12.7. The zero-order valence-electron chi connectivity index (χ0n) is 9.94. The zero-order valence-corrected chi connectivity index (χ0v) is 11.5. The summed E-state index contributed by atoms with van der Waals surface area (Å²) in [5.74, 6) is 0.659. The van der Waals surface area contributed by atoms with Gasteiger partial charge in [-0.25, -0.2) is 9.97 Å². The summed E-state index contributed by atoms with van der Waals surface area (Å²) in [5, 5.41) is 9.28. The second-order valence-corrected chi connectivity index (χ2v) is 4.84. The molecule has 1 amide bonds. The molecular weight excluding hydrogens is 298 g/mol. The third-order valence-corrected chi connectivity index (χ3v) is 2.71. The average molecular weight is 310 g/mol. The summed E-state index contributed by atoms with van der Waals surface area (Å²) in [6.07, 6.45) is 1.55. The Balaban J connectivity index is 2.09. The molecule has 0 spiro atoms. The lowest BCUT2D eigenvalue weighted by Crippen LogP contribution is -2.14. The largest absolute Gasteiger partial charge is 0.318 e. The summed E-state index contributed by atoms with van der Waals surface area (Å²) < 4.78 is 0.709. The number of carbonyl (C=O) groups is 1. The molecular formula is C11H12BrN5O. The molecule has 0 bridgehead atoms. The molecule has 0 aliphatic carbocycles. The number of hydrogen-bond acceptors (Lipinski definition) is 4. The van der Waals surface area contributed by atoms with Crippen molar-refractivity contribution in [3.8, 4) is 0 Å². The van der Waals surface area contributed by atoms with Crippen molar-refractivity contribution in [2.75, 3.05) is 5.32 Å². The summed E-state index contributed by atoms with van der Waals surface area (Å²) in [6, 6.07) is 3.48. The van der Waals surface area contributed by atoms with Crippen LogP contribution in [0.25, 0.3) is 0 Å². The van der Waals surface area contributed by atoms with E-state index < -0.39 is 0 Å². The minimum absolute atomic E-state index is 0.126. The van der Waals surface area contributed by atoms with Gasteiger partial charge in [0.15, 0.2) is 0 Å². The van der Waals surface area contributed by atoms with Gasteiger partial charge in [0, 0.05) is 5.92 Å². The Morgan fingerprint density at radius 1 is 1.44 bits per heavy atom. The maximum Gasteiger partial charge on any atom is 0.295 e. The van der Waals surface area contributed by atoms with E-state index in [9.17, 15) is 4.79 Å². The standard InChI is InChI=1S/C11H12BrN5O/c1-6(2)9-15-10(17-16-9)11(18)14-7-3-4-8(12)13-5-7/h3-6H,1-2H3,(H,14,18)(H,15,16,17). The van der Waals surface area contributed by atoms with Crippen molar-refractivity contribution in [2.24, 2.45) is 0 Å². The number of halogens is 1. The Morgan fingerprint density at radius 3 is 2.78 bits per heavy atom. The maximum atomic E-state index is 11.8. The molecule has 7 heteroatoms. The molecule has 0 radical (unpaired) electrons. The highest BCUT2D eigenvalue weighted by molar-refractivity contribution is 9.10. The van der Waals surface area contributed by atoms with Gasteiger partial charge in [0.2, 0.25) is 5.82 Å². The van der Waals surface area contributed by atoms with Crippen LogP contribution in [-0.4, -0.2) is 26.1 Å². The molecule has 18 heavy (non-hydrogen) atoms. The van der Waals surface area contributed by atoms with Crippen molar-refractivity contribution in [2.45, 2.75) is 19.8 Å². The summed E-state index contributed by atoms with van der Waals surface area (Å²) >= 11 is 3.22. The smallest absolute Gasteiger partial charge is 0.295 e. The van der Waals surface area contributed by atoms with Gasteiger partial charge in [-0.2, -0.15) is 0 Å². The van der Waals surface area contributed by atoms with Gasteiger partial charge in [-0.15, -0.1) is 5.10 Å². The van der Waals surface area contributed by atoms with Crippen molar-refractivity contribution in [3.05, 3.63) is 34.6 Å². The van der Waals surface area contributed by atoms with E-state index in [-0.39, 0.29) is 17.6 Å². The predicted molar refractivity (Wildman–Crippen MR) is 70.4 cm³/mol.